The average molecular weight is 257 g/mol. The number of nitrogens with zero attached hydrogens (tertiary/aromatic N) is 2. The Morgan fingerprint density at radius 3 is 2.58 bits per heavy atom. The van der Waals surface area contributed by atoms with Gasteiger partial charge in [0.1, 0.15) is 5.84 Å². The minimum atomic E-state index is 0.362. The van der Waals surface area contributed by atoms with Gasteiger partial charge in [-0.25, -0.2) is 0 Å². The number of benzene rings is 1. The summed E-state index contributed by atoms with van der Waals surface area (Å²) < 4.78 is 0. The topological polar surface area (TPSA) is 30.3 Å². The Bertz CT molecular complexity index is 487. The molecule has 3 nitrogen and oxygen atoms in total. The summed E-state index contributed by atoms with van der Waals surface area (Å²) in [5.41, 5.74) is 2.80. The van der Waals surface area contributed by atoms with E-state index in [-0.39, 0.29) is 0 Å². The van der Waals surface area contributed by atoms with Crippen LogP contribution < -0.4 is 0 Å². The lowest BCUT2D eigenvalue weighted by Crippen LogP contribution is -2.43. The van der Waals surface area contributed by atoms with Crippen molar-refractivity contribution in [1.29, 1.82) is 5.41 Å². The molecular formula is C16H23N3. The molecule has 2 heterocycles. The molecule has 0 spiro atoms. The first-order valence-electron chi connectivity index (χ1n) is 7.18. The van der Waals surface area contributed by atoms with Crippen molar-refractivity contribution in [1.82, 2.24) is 9.80 Å². The van der Waals surface area contributed by atoms with Gasteiger partial charge in [0.2, 0.25) is 0 Å². The lowest BCUT2D eigenvalue weighted by Gasteiger charge is -2.40. The van der Waals surface area contributed by atoms with E-state index in [0.717, 1.165) is 24.5 Å². The van der Waals surface area contributed by atoms with Crippen LogP contribution in [-0.2, 0) is 6.54 Å². The largest absolute Gasteiger partial charge is 0.352 e. The first-order valence-corrected chi connectivity index (χ1v) is 7.18. The van der Waals surface area contributed by atoms with E-state index >= 15 is 0 Å². The smallest absolute Gasteiger partial charge is 0.128 e. The van der Waals surface area contributed by atoms with Crippen molar-refractivity contribution in [2.24, 2.45) is 5.41 Å². The molecule has 2 aliphatic rings. The highest BCUT2D eigenvalue weighted by Crippen LogP contribution is 2.34. The maximum absolute atomic E-state index is 8.35. The van der Waals surface area contributed by atoms with Crippen LogP contribution in [0.3, 0.4) is 0 Å². The molecule has 0 unspecified atom stereocenters. The van der Waals surface area contributed by atoms with E-state index in [0.29, 0.717) is 5.41 Å². The Morgan fingerprint density at radius 1 is 1.21 bits per heavy atom. The SMILES string of the molecule is CN1CCC(C)(CN2Cc3ccccc3C2=N)CC1. The van der Waals surface area contributed by atoms with E-state index in [1.54, 1.807) is 0 Å². The first kappa shape index (κ1) is 12.7. The van der Waals surface area contributed by atoms with E-state index < -0.39 is 0 Å². The number of fused-ring (bicyclic) bond motifs is 1. The van der Waals surface area contributed by atoms with E-state index in [9.17, 15) is 0 Å². The fourth-order valence-corrected chi connectivity index (χ4v) is 3.26. The zero-order chi connectivity index (χ0) is 13.5. The van der Waals surface area contributed by atoms with Crippen LogP contribution in [-0.4, -0.2) is 42.3 Å². The molecule has 0 radical (unpaired) electrons. The number of piperidine rings is 1. The van der Waals surface area contributed by atoms with Gasteiger partial charge in [-0.1, -0.05) is 31.2 Å². The van der Waals surface area contributed by atoms with Crippen molar-refractivity contribution in [3.8, 4) is 0 Å². The van der Waals surface area contributed by atoms with Crippen LogP contribution in [0.2, 0.25) is 0 Å². The fraction of sp³-hybridized carbons (Fsp3) is 0.562. The summed E-state index contributed by atoms with van der Waals surface area (Å²) in [7, 11) is 2.20. The van der Waals surface area contributed by atoms with Crippen molar-refractivity contribution in [3.05, 3.63) is 35.4 Å². The summed E-state index contributed by atoms with van der Waals surface area (Å²) in [6.07, 6.45) is 2.48. The molecule has 0 aromatic heterocycles. The Kier molecular flexibility index (Phi) is 3.09. The van der Waals surface area contributed by atoms with Gasteiger partial charge in [0.25, 0.3) is 0 Å². The molecule has 0 amide bonds. The van der Waals surface area contributed by atoms with E-state index in [1.165, 1.54) is 31.5 Å². The third-order valence-electron chi connectivity index (χ3n) is 4.72. The predicted molar refractivity (Wildman–Crippen MR) is 78.5 cm³/mol. The fourth-order valence-electron chi connectivity index (χ4n) is 3.26. The van der Waals surface area contributed by atoms with Gasteiger partial charge in [-0.05, 0) is 44.0 Å². The lowest BCUT2D eigenvalue weighted by atomic mass is 9.80. The predicted octanol–water partition coefficient (Wildman–Crippen LogP) is 2.56. The second-order valence-corrected chi connectivity index (χ2v) is 6.48. The average Bonchev–Trinajstić information content (AvgIpc) is 2.71. The third kappa shape index (κ3) is 2.39. The summed E-state index contributed by atoms with van der Waals surface area (Å²) in [6, 6.07) is 8.34. The van der Waals surface area contributed by atoms with Crippen molar-refractivity contribution < 1.29 is 0 Å². The Balaban J connectivity index is 1.71. The Hall–Kier alpha value is -1.35. The van der Waals surface area contributed by atoms with Gasteiger partial charge in [-0.3, -0.25) is 5.41 Å². The number of amidine groups is 1. The van der Waals surface area contributed by atoms with Gasteiger partial charge < -0.3 is 9.80 Å². The van der Waals surface area contributed by atoms with Crippen LogP contribution in [0.5, 0.6) is 0 Å². The van der Waals surface area contributed by atoms with Crippen LogP contribution in [0.1, 0.15) is 30.9 Å². The zero-order valence-electron chi connectivity index (χ0n) is 11.9. The molecule has 19 heavy (non-hydrogen) atoms. The molecule has 0 bridgehead atoms. The summed E-state index contributed by atoms with van der Waals surface area (Å²) in [5.74, 6) is 0.718. The van der Waals surface area contributed by atoms with Gasteiger partial charge in [-0.15, -0.1) is 0 Å². The molecule has 3 heteroatoms. The molecule has 1 aromatic carbocycles. The highest BCUT2D eigenvalue weighted by atomic mass is 15.2. The molecule has 1 aromatic rings. The van der Waals surface area contributed by atoms with E-state index in [4.69, 9.17) is 5.41 Å². The van der Waals surface area contributed by atoms with Crippen LogP contribution in [0.25, 0.3) is 0 Å². The molecule has 1 saturated heterocycles. The molecule has 0 atom stereocenters. The minimum absolute atomic E-state index is 0.362. The zero-order valence-corrected chi connectivity index (χ0v) is 11.9. The van der Waals surface area contributed by atoms with E-state index in [1.807, 2.05) is 6.07 Å². The number of rotatable bonds is 2. The Labute approximate surface area is 115 Å². The summed E-state index contributed by atoms with van der Waals surface area (Å²) in [4.78, 5) is 4.67. The second kappa shape index (κ2) is 4.64. The highest BCUT2D eigenvalue weighted by molar-refractivity contribution is 6.00. The lowest BCUT2D eigenvalue weighted by molar-refractivity contribution is 0.111. The van der Waals surface area contributed by atoms with Crippen molar-refractivity contribution in [2.75, 3.05) is 26.7 Å². The minimum Gasteiger partial charge on any atom is -0.352 e. The summed E-state index contributed by atoms with van der Waals surface area (Å²) in [6.45, 7) is 6.69. The van der Waals surface area contributed by atoms with Crippen molar-refractivity contribution >= 4 is 5.84 Å². The van der Waals surface area contributed by atoms with Crippen molar-refractivity contribution in [3.63, 3.8) is 0 Å². The van der Waals surface area contributed by atoms with Gasteiger partial charge in [0.05, 0.1) is 0 Å². The van der Waals surface area contributed by atoms with Crippen LogP contribution >= 0.6 is 0 Å². The molecule has 3 rings (SSSR count). The molecule has 102 valence electrons. The standard InChI is InChI=1S/C16H23N3/c1-16(7-9-18(2)10-8-16)12-19-11-13-5-3-4-6-14(13)15(19)17/h3-6,17H,7-12H2,1-2H3. The van der Waals surface area contributed by atoms with Gasteiger partial charge in [0, 0.05) is 18.7 Å². The first-order chi connectivity index (χ1) is 9.07. The molecular weight excluding hydrogens is 234 g/mol. The quantitative estimate of drug-likeness (QED) is 0.882. The second-order valence-electron chi connectivity index (χ2n) is 6.48. The number of hydrogen-bond acceptors (Lipinski definition) is 2. The highest BCUT2D eigenvalue weighted by Gasteiger charge is 2.34. The van der Waals surface area contributed by atoms with Gasteiger partial charge >= 0.3 is 0 Å². The number of nitrogens with one attached hydrogen (secondary N) is 1. The van der Waals surface area contributed by atoms with E-state index in [2.05, 4.69) is 42.0 Å². The Morgan fingerprint density at radius 2 is 1.89 bits per heavy atom. The van der Waals surface area contributed by atoms with Crippen LogP contribution in [0, 0.1) is 10.8 Å². The van der Waals surface area contributed by atoms with Gasteiger partial charge in [0.15, 0.2) is 0 Å². The van der Waals surface area contributed by atoms with Crippen molar-refractivity contribution in [2.45, 2.75) is 26.3 Å². The summed E-state index contributed by atoms with van der Waals surface area (Å²) in [5, 5.41) is 8.35. The molecule has 0 saturated carbocycles. The molecule has 0 aliphatic carbocycles. The molecule has 1 fully saturated rings. The van der Waals surface area contributed by atoms with Gasteiger partial charge in [-0.2, -0.15) is 0 Å². The molecule has 2 aliphatic heterocycles. The monoisotopic (exact) mass is 257 g/mol. The number of hydrogen-bond donors (Lipinski definition) is 1. The van der Waals surface area contributed by atoms with Crippen LogP contribution in [0.15, 0.2) is 24.3 Å². The molecule has 1 N–H and O–H groups in total. The maximum Gasteiger partial charge on any atom is 0.128 e. The number of likely N-dealkylation sites (tertiary alicyclic amines) is 1. The third-order valence-corrected chi connectivity index (χ3v) is 4.72. The van der Waals surface area contributed by atoms with Crippen LogP contribution in [0.4, 0.5) is 0 Å². The maximum atomic E-state index is 8.35. The normalized spacial score (nSPS) is 22.6. The summed E-state index contributed by atoms with van der Waals surface area (Å²) >= 11 is 0.